The molecule has 0 spiro atoms. The van der Waals surface area contributed by atoms with Gasteiger partial charge in [0.2, 0.25) is 17.7 Å². The van der Waals surface area contributed by atoms with Crippen LogP contribution in [0.3, 0.4) is 0 Å². The molecule has 0 aromatic carbocycles. The van der Waals surface area contributed by atoms with Crippen molar-refractivity contribution < 1.29 is 24.3 Å². The van der Waals surface area contributed by atoms with Gasteiger partial charge in [0.15, 0.2) is 5.96 Å². The molecule has 3 amide bonds. The molecule has 0 saturated carbocycles. The van der Waals surface area contributed by atoms with Crippen LogP contribution < -0.4 is 38.9 Å². The van der Waals surface area contributed by atoms with Gasteiger partial charge in [-0.15, -0.1) is 0 Å². The summed E-state index contributed by atoms with van der Waals surface area (Å²) in [6, 6.07) is -4.44. The van der Waals surface area contributed by atoms with Crippen molar-refractivity contribution in [3.63, 3.8) is 0 Å². The molecule has 2 aromatic heterocycles. The standard InChI is InChI=1S/C24H40N12O5/c25-6-2-1-4-18(23(40)41)35-21(38)17(5-3-7-31-24(27)28)34-22(39)19(9-15-11-30-13-33-15)36-20(37)16(26)8-14-10-29-12-32-14/h10-13,16-19H,1-9,25-26H2,(H,29,32)(H,30,33)(H,34,39)(H,35,38)(H,36,37)(H,40,41)(H4,27,28,31). The van der Waals surface area contributed by atoms with Crippen LogP contribution in [0.1, 0.15) is 43.5 Å². The summed E-state index contributed by atoms with van der Waals surface area (Å²) in [5, 5.41) is 17.3. The Balaban J connectivity index is 2.17. The highest BCUT2D eigenvalue weighted by Crippen LogP contribution is 2.07. The highest BCUT2D eigenvalue weighted by Gasteiger charge is 2.30. The zero-order chi connectivity index (χ0) is 30.2. The van der Waals surface area contributed by atoms with Gasteiger partial charge in [0, 0.05) is 43.2 Å². The maximum absolute atomic E-state index is 13.4. The van der Waals surface area contributed by atoms with Crippen molar-refractivity contribution in [1.29, 1.82) is 0 Å². The van der Waals surface area contributed by atoms with Crippen LogP contribution in [-0.2, 0) is 32.0 Å². The molecule has 41 heavy (non-hydrogen) atoms. The third kappa shape index (κ3) is 12.0. The van der Waals surface area contributed by atoms with Crippen molar-refractivity contribution in [1.82, 2.24) is 35.9 Å². The molecule has 2 rings (SSSR count). The Kier molecular flexibility index (Phi) is 13.7. The first kappa shape index (κ1) is 32.7. The Hall–Kier alpha value is -4.51. The van der Waals surface area contributed by atoms with Crippen LogP contribution in [-0.4, -0.2) is 91.9 Å². The number of carbonyl (C=O) groups is 4. The topological polar surface area (TPSA) is 298 Å². The van der Waals surface area contributed by atoms with E-state index in [0.717, 1.165) is 0 Å². The quantitative estimate of drug-likeness (QED) is 0.0455. The number of nitrogens with zero attached hydrogens (tertiary/aromatic N) is 3. The van der Waals surface area contributed by atoms with Crippen LogP contribution in [0.2, 0.25) is 0 Å². The van der Waals surface area contributed by atoms with Crippen molar-refractivity contribution >= 4 is 29.7 Å². The molecule has 0 fully saturated rings. The van der Waals surface area contributed by atoms with Crippen LogP contribution >= 0.6 is 0 Å². The number of rotatable bonds is 19. The minimum Gasteiger partial charge on any atom is -0.480 e. The summed E-state index contributed by atoms with van der Waals surface area (Å²) in [6.45, 7) is 0.566. The predicted molar refractivity (Wildman–Crippen MR) is 149 cm³/mol. The third-order valence-electron chi connectivity index (χ3n) is 6.08. The molecular weight excluding hydrogens is 536 g/mol. The number of hydrogen-bond donors (Lipinski definition) is 10. The summed E-state index contributed by atoms with van der Waals surface area (Å²) in [5.74, 6) is -3.32. The number of carbonyl (C=O) groups excluding carboxylic acids is 3. The number of hydrogen-bond acceptors (Lipinski definition) is 9. The van der Waals surface area contributed by atoms with Crippen molar-refractivity contribution in [2.24, 2.45) is 27.9 Å². The SMILES string of the molecule is NCCCCC(NC(=O)C(CCCN=C(N)N)NC(=O)C(Cc1cnc[nH]1)NC(=O)C(N)Cc1cnc[nH]1)C(=O)O. The normalized spacial score (nSPS) is 13.8. The van der Waals surface area contributed by atoms with E-state index in [9.17, 15) is 24.3 Å². The number of H-pyrrole nitrogens is 2. The number of aromatic nitrogens is 4. The fraction of sp³-hybridized carbons (Fsp3) is 0.542. The van der Waals surface area contributed by atoms with Gasteiger partial charge in [0.25, 0.3) is 0 Å². The van der Waals surface area contributed by atoms with Crippen molar-refractivity contribution in [2.75, 3.05) is 13.1 Å². The van der Waals surface area contributed by atoms with E-state index in [2.05, 4.69) is 40.9 Å². The fourth-order valence-electron chi connectivity index (χ4n) is 3.90. The lowest BCUT2D eigenvalue weighted by atomic mass is 10.0. The lowest BCUT2D eigenvalue weighted by Crippen LogP contribution is -2.57. The first-order chi connectivity index (χ1) is 19.6. The molecule has 0 saturated heterocycles. The molecule has 14 N–H and O–H groups in total. The second-order valence-corrected chi connectivity index (χ2v) is 9.42. The van der Waals surface area contributed by atoms with Crippen LogP contribution in [0, 0.1) is 0 Å². The molecule has 0 aliphatic carbocycles. The molecule has 226 valence electrons. The monoisotopic (exact) mass is 576 g/mol. The van der Waals surface area contributed by atoms with Gasteiger partial charge in [-0.3, -0.25) is 19.4 Å². The lowest BCUT2D eigenvalue weighted by molar-refractivity contribution is -0.142. The number of nitrogens with one attached hydrogen (secondary N) is 5. The average Bonchev–Trinajstić information content (AvgIpc) is 3.63. The number of amides is 3. The molecular formula is C24H40N12O5. The molecule has 17 heteroatoms. The number of guanidine groups is 1. The number of nitrogens with two attached hydrogens (primary N) is 4. The number of aromatic amines is 2. The van der Waals surface area contributed by atoms with Crippen molar-refractivity contribution in [2.45, 2.75) is 69.1 Å². The van der Waals surface area contributed by atoms with Gasteiger partial charge < -0.3 is 54.0 Å². The van der Waals surface area contributed by atoms with Gasteiger partial charge in [-0.2, -0.15) is 0 Å². The molecule has 17 nitrogen and oxygen atoms in total. The average molecular weight is 577 g/mol. The van der Waals surface area contributed by atoms with Gasteiger partial charge in [-0.05, 0) is 38.6 Å². The van der Waals surface area contributed by atoms with Gasteiger partial charge in [0.05, 0.1) is 18.7 Å². The van der Waals surface area contributed by atoms with E-state index in [0.29, 0.717) is 37.2 Å². The minimum atomic E-state index is -1.21. The smallest absolute Gasteiger partial charge is 0.326 e. The van der Waals surface area contributed by atoms with Crippen LogP contribution in [0.5, 0.6) is 0 Å². The summed E-state index contributed by atoms with van der Waals surface area (Å²) in [4.78, 5) is 68.7. The van der Waals surface area contributed by atoms with Crippen molar-refractivity contribution in [3.05, 3.63) is 36.4 Å². The summed E-state index contributed by atoms with van der Waals surface area (Å²) < 4.78 is 0. The lowest BCUT2D eigenvalue weighted by Gasteiger charge is -2.25. The van der Waals surface area contributed by atoms with Gasteiger partial charge in [0.1, 0.15) is 18.1 Å². The van der Waals surface area contributed by atoms with E-state index in [1.807, 2.05) is 0 Å². The molecule has 4 atom stereocenters. The Morgan fingerprint density at radius 2 is 1.39 bits per heavy atom. The molecule has 0 aliphatic rings. The van der Waals surface area contributed by atoms with E-state index < -0.39 is 47.9 Å². The molecule has 0 radical (unpaired) electrons. The number of unbranched alkanes of at least 4 members (excludes halogenated alkanes) is 1. The largest absolute Gasteiger partial charge is 0.480 e. The second-order valence-electron chi connectivity index (χ2n) is 9.42. The zero-order valence-corrected chi connectivity index (χ0v) is 22.7. The van der Waals surface area contributed by atoms with E-state index >= 15 is 0 Å². The first-order valence-electron chi connectivity index (χ1n) is 13.2. The first-order valence-corrected chi connectivity index (χ1v) is 13.2. The van der Waals surface area contributed by atoms with E-state index in [1.54, 1.807) is 0 Å². The number of aliphatic imine (C=N–C) groups is 1. The minimum absolute atomic E-state index is 0.0214. The van der Waals surface area contributed by atoms with Gasteiger partial charge in [-0.1, -0.05) is 0 Å². The van der Waals surface area contributed by atoms with E-state index in [-0.39, 0.29) is 38.2 Å². The highest BCUT2D eigenvalue weighted by molar-refractivity contribution is 5.94. The summed E-state index contributed by atoms with van der Waals surface area (Å²) in [6.07, 6.45) is 7.73. The Morgan fingerprint density at radius 3 is 1.95 bits per heavy atom. The number of carboxylic acids is 1. The third-order valence-corrected chi connectivity index (χ3v) is 6.08. The Morgan fingerprint density at radius 1 is 0.829 bits per heavy atom. The molecule has 0 aliphatic heterocycles. The Bertz CT molecular complexity index is 1120. The van der Waals surface area contributed by atoms with E-state index in [1.165, 1.54) is 25.0 Å². The predicted octanol–water partition coefficient (Wildman–Crippen LogP) is -3.03. The molecule has 4 unspecified atom stereocenters. The summed E-state index contributed by atoms with van der Waals surface area (Å²) in [7, 11) is 0. The second kappa shape index (κ2) is 17.2. The maximum atomic E-state index is 13.4. The number of imidazole rings is 2. The van der Waals surface area contributed by atoms with Crippen molar-refractivity contribution in [3.8, 4) is 0 Å². The molecule has 2 aromatic rings. The molecule has 2 heterocycles. The summed E-state index contributed by atoms with van der Waals surface area (Å²) >= 11 is 0. The molecule has 0 bridgehead atoms. The maximum Gasteiger partial charge on any atom is 0.326 e. The van der Waals surface area contributed by atoms with E-state index in [4.69, 9.17) is 22.9 Å². The zero-order valence-electron chi connectivity index (χ0n) is 22.7. The highest BCUT2D eigenvalue weighted by atomic mass is 16.4. The fourth-order valence-corrected chi connectivity index (χ4v) is 3.90. The van der Waals surface area contributed by atoms with Gasteiger partial charge >= 0.3 is 5.97 Å². The van der Waals surface area contributed by atoms with Crippen LogP contribution in [0.4, 0.5) is 0 Å². The number of carboxylic acid groups (broad SMARTS) is 1. The van der Waals surface area contributed by atoms with Crippen LogP contribution in [0.25, 0.3) is 0 Å². The Labute approximate surface area is 236 Å². The van der Waals surface area contributed by atoms with Gasteiger partial charge in [-0.25, -0.2) is 14.8 Å². The van der Waals surface area contributed by atoms with Crippen LogP contribution in [0.15, 0.2) is 30.0 Å². The summed E-state index contributed by atoms with van der Waals surface area (Å²) in [5.41, 5.74) is 23.5. The number of aliphatic carboxylic acids is 1.